The van der Waals surface area contributed by atoms with Gasteiger partial charge in [0.15, 0.2) is 0 Å². The maximum atomic E-state index is 4.75. The molecule has 0 radical (unpaired) electrons. The third-order valence-corrected chi connectivity index (χ3v) is 4.64. The van der Waals surface area contributed by atoms with Crippen molar-refractivity contribution in [3.8, 4) is 0 Å². The Morgan fingerprint density at radius 2 is 1.58 bits per heavy atom. The minimum Gasteiger partial charge on any atom is -0.283 e. The molecule has 0 N–H and O–H groups in total. The van der Waals surface area contributed by atoms with Gasteiger partial charge >= 0.3 is 0 Å². The van der Waals surface area contributed by atoms with Gasteiger partial charge in [0, 0.05) is 28.3 Å². The summed E-state index contributed by atoms with van der Waals surface area (Å²) >= 11 is 1.94. The highest BCUT2D eigenvalue weighted by molar-refractivity contribution is 8.04. The van der Waals surface area contributed by atoms with Crippen molar-refractivity contribution in [3.05, 3.63) is 76.2 Å². The van der Waals surface area contributed by atoms with Gasteiger partial charge in [-0.25, -0.2) is 0 Å². The molecule has 19 heavy (non-hydrogen) atoms. The van der Waals surface area contributed by atoms with Gasteiger partial charge in [-0.15, -0.1) is 11.8 Å². The number of aliphatic imine (C=N–C) groups is 1. The summed E-state index contributed by atoms with van der Waals surface area (Å²) in [6.45, 7) is 0.930. The Balaban J connectivity index is 2.02. The Hall–Kier alpha value is -1.80. The highest BCUT2D eigenvalue weighted by atomic mass is 32.2. The van der Waals surface area contributed by atoms with E-state index in [2.05, 4.69) is 54.6 Å². The number of hydrogen-bond acceptors (Lipinski definition) is 2. The lowest BCUT2D eigenvalue weighted by molar-refractivity contribution is 1.14. The first-order chi connectivity index (χ1) is 9.45. The fourth-order valence-corrected chi connectivity index (χ4v) is 3.83. The van der Waals surface area contributed by atoms with E-state index in [-0.39, 0.29) is 0 Å². The van der Waals surface area contributed by atoms with E-state index in [0.717, 1.165) is 12.3 Å². The SMILES string of the molecule is c1ccc(C2=C3SCCN=C3c3ccccc32)cc1. The molecule has 2 aliphatic rings. The van der Waals surface area contributed by atoms with Crippen molar-refractivity contribution < 1.29 is 0 Å². The first kappa shape index (κ1) is 11.1. The lowest BCUT2D eigenvalue weighted by Crippen LogP contribution is -2.07. The van der Waals surface area contributed by atoms with Crippen LogP contribution in [0.3, 0.4) is 0 Å². The monoisotopic (exact) mass is 263 g/mol. The van der Waals surface area contributed by atoms with Gasteiger partial charge in [0.05, 0.1) is 5.71 Å². The minimum absolute atomic E-state index is 0.930. The fraction of sp³-hybridized carbons (Fsp3) is 0.118. The van der Waals surface area contributed by atoms with E-state index in [4.69, 9.17) is 4.99 Å². The van der Waals surface area contributed by atoms with Crippen LogP contribution < -0.4 is 0 Å². The van der Waals surface area contributed by atoms with Crippen molar-refractivity contribution in [2.24, 2.45) is 4.99 Å². The Kier molecular flexibility index (Phi) is 2.56. The lowest BCUT2D eigenvalue weighted by atomic mass is 9.99. The van der Waals surface area contributed by atoms with Crippen molar-refractivity contribution in [2.75, 3.05) is 12.3 Å². The standard InChI is InChI=1S/C17H13NS/c1-2-6-12(7-3-1)15-13-8-4-5-9-14(13)16-17(15)19-11-10-18-16/h1-9H,10-11H2. The minimum atomic E-state index is 0.930. The van der Waals surface area contributed by atoms with Crippen LogP contribution in [0.25, 0.3) is 5.57 Å². The molecule has 0 spiro atoms. The van der Waals surface area contributed by atoms with Crippen LogP contribution >= 0.6 is 11.8 Å². The van der Waals surface area contributed by atoms with E-state index in [1.165, 1.54) is 32.9 Å². The number of nitrogens with zero attached hydrogens (tertiary/aromatic N) is 1. The molecule has 0 saturated carbocycles. The van der Waals surface area contributed by atoms with E-state index in [1.807, 2.05) is 11.8 Å². The molecule has 0 unspecified atom stereocenters. The number of benzene rings is 2. The number of thioether (sulfide) groups is 1. The lowest BCUT2D eigenvalue weighted by Gasteiger charge is -2.12. The Bertz CT molecular complexity index is 698. The van der Waals surface area contributed by atoms with Gasteiger partial charge in [-0.05, 0) is 11.1 Å². The molecule has 1 aliphatic heterocycles. The van der Waals surface area contributed by atoms with Crippen LogP contribution in [0.2, 0.25) is 0 Å². The van der Waals surface area contributed by atoms with E-state index < -0.39 is 0 Å². The molecule has 2 aromatic rings. The zero-order valence-corrected chi connectivity index (χ0v) is 11.3. The summed E-state index contributed by atoms with van der Waals surface area (Å²) in [4.78, 5) is 6.11. The highest BCUT2D eigenvalue weighted by Gasteiger charge is 2.29. The van der Waals surface area contributed by atoms with Crippen molar-refractivity contribution in [2.45, 2.75) is 0 Å². The zero-order valence-electron chi connectivity index (χ0n) is 10.5. The quantitative estimate of drug-likeness (QED) is 0.757. The normalized spacial score (nSPS) is 16.9. The van der Waals surface area contributed by atoms with Crippen LogP contribution in [-0.2, 0) is 0 Å². The summed E-state index contributed by atoms with van der Waals surface area (Å²) < 4.78 is 0. The molecule has 0 saturated heterocycles. The molecule has 0 aromatic heterocycles. The second kappa shape index (κ2) is 4.39. The van der Waals surface area contributed by atoms with Gasteiger partial charge in [-0.2, -0.15) is 0 Å². The van der Waals surface area contributed by atoms with E-state index in [0.29, 0.717) is 0 Å². The van der Waals surface area contributed by atoms with Gasteiger partial charge in [0.25, 0.3) is 0 Å². The van der Waals surface area contributed by atoms with Crippen LogP contribution in [0.15, 0.2) is 64.5 Å². The first-order valence-electron chi connectivity index (χ1n) is 6.52. The molecule has 1 nitrogen and oxygen atoms in total. The van der Waals surface area contributed by atoms with Crippen LogP contribution in [-0.4, -0.2) is 18.0 Å². The molecule has 2 heteroatoms. The molecular weight excluding hydrogens is 250 g/mol. The maximum absolute atomic E-state index is 4.75. The summed E-state index contributed by atoms with van der Waals surface area (Å²) in [6.07, 6.45) is 0. The Morgan fingerprint density at radius 3 is 2.42 bits per heavy atom. The van der Waals surface area contributed by atoms with Crippen molar-refractivity contribution >= 4 is 23.0 Å². The summed E-state index contributed by atoms with van der Waals surface area (Å²) in [7, 11) is 0. The maximum Gasteiger partial charge on any atom is 0.0795 e. The van der Waals surface area contributed by atoms with Gasteiger partial charge < -0.3 is 0 Å². The highest BCUT2D eigenvalue weighted by Crippen LogP contribution is 2.43. The molecule has 0 fully saturated rings. The van der Waals surface area contributed by atoms with Crippen molar-refractivity contribution in [1.29, 1.82) is 0 Å². The fourth-order valence-electron chi connectivity index (χ4n) is 2.76. The third kappa shape index (κ3) is 1.67. The molecule has 0 atom stereocenters. The second-order valence-electron chi connectivity index (χ2n) is 4.69. The molecule has 1 aliphatic carbocycles. The third-order valence-electron chi connectivity index (χ3n) is 3.56. The average molecular weight is 263 g/mol. The summed E-state index contributed by atoms with van der Waals surface area (Å²) in [5, 5.41) is 0. The Labute approximate surface area is 117 Å². The smallest absolute Gasteiger partial charge is 0.0795 e. The average Bonchev–Trinajstić information content (AvgIpc) is 2.83. The Morgan fingerprint density at radius 1 is 0.842 bits per heavy atom. The second-order valence-corrected chi connectivity index (χ2v) is 5.80. The van der Waals surface area contributed by atoms with Gasteiger partial charge in [-0.3, -0.25) is 4.99 Å². The number of allylic oxidation sites excluding steroid dienone is 1. The van der Waals surface area contributed by atoms with Gasteiger partial charge in [-0.1, -0.05) is 54.6 Å². The molecule has 1 heterocycles. The van der Waals surface area contributed by atoms with Crippen molar-refractivity contribution in [3.63, 3.8) is 0 Å². The van der Waals surface area contributed by atoms with Crippen LogP contribution in [0.1, 0.15) is 16.7 Å². The van der Waals surface area contributed by atoms with Gasteiger partial charge in [0.2, 0.25) is 0 Å². The van der Waals surface area contributed by atoms with Gasteiger partial charge in [0.1, 0.15) is 0 Å². The molecular formula is C17H13NS. The number of hydrogen-bond donors (Lipinski definition) is 0. The predicted octanol–water partition coefficient (Wildman–Crippen LogP) is 4.00. The summed E-state index contributed by atoms with van der Waals surface area (Å²) in [5.41, 5.74) is 6.48. The van der Waals surface area contributed by atoms with Crippen LogP contribution in [0.5, 0.6) is 0 Å². The van der Waals surface area contributed by atoms with E-state index in [9.17, 15) is 0 Å². The zero-order chi connectivity index (χ0) is 12.7. The van der Waals surface area contributed by atoms with E-state index >= 15 is 0 Å². The van der Waals surface area contributed by atoms with Crippen LogP contribution in [0.4, 0.5) is 0 Å². The number of fused-ring (bicyclic) bond motifs is 3. The topological polar surface area (TPSA) is 12.4 Å². The molecule has 2 aromatic carbocycles. The van der Waals surface area contributed by atoms with E-state index in [1.54, 1.807) is 0 Å². The molecule has 0 bridgehead atoms. The summed E-state index contributed by atoms with van der Waals surface area (Å²) in [6, 6.07) is 19.3. The predicted molar refractivity (Wildman–Crippen MR) is 82.8 cm³/mol. The van der Waals surface area contributed by atoms with Crippen LogP contribution in [0, 0.1) is 0 Å². The largest absolute Gasteiger partial charge is 0.283 e. The molecule has 0 amide bonds. The summed E-state index contributed by atoms with van der Waals surface area (Å²) in [5.74, 6) is 1.09. The molecule has 4 rings (SSSR count). The molecule has 92 valence electrons. The van der Waals surface area contributed by atoms with Crippen molar-refractivity contribution in [1.82, 2.24) is 0 Å². The first-order valence-corrected chi connectivity index (χ1v) is 7.51. The number of rotatable bonds is 1.